The fraction of sp³-hybridized carbons (Fsp3) is 0.643. The van der Waals surface area contributed by atoms with Crippen LogP contribution in [0.2, 0.25) is 0 Å². The first kappa shape index (κ1) is 15.2. The minimum atomic E-state index is -0.825. The van der Waals surface area contributed by atoms with Crippen LogP contribution >= 0.6 is 11.3 Å². The summed E-state index contributed by atoms with van der Waals surface area (Å²) in [7, 11) is 0. The standard InChI is InChI=1S/C14H23NO2S/c1-10(2)5-4-6-11(3)15-9-12-7-8-18-13(12)14(16)17/h7-8,10-11,15H,4-6,9H2,1-3H3,(H,16,17). The summed E-state index contributed by atoms with van der Waals surface area (Å²) in [5, 5.41) is 14.2. The van der Waals surface area contributed by atoms with Gasteiger partial charge in [0.2, 0.25) is 0 Å². The molecule has 0 radical (unpaired) electrons. The summed E-state index contributed by atoms with van der Waals surface area (Å²) in [5.41, 5.74) is 0.892. The number of aromatic carboxylic acids is 1. The van der Waals surface area contributed by atoms with Gasteiger partial charge in [0, 0.05) is 12.6 Å². The van der Waals surface area contributed by atoms with Crippen molar-refractivity contribution in [2.24, 2.45) is 5.92 Å². The van der Waals surface area contributed by atoms with Crippen molar-refractivity contribution in [2.45, 2.75) is 52.6 Å². The molecule has 1 rings (SSSR count). The minimum absolute atomic E-state index is 0.435. The molecule has 1 unspecified atom stereocenters. The van der Waals surface area contributed by atoms with Gasteiger partial charge in [0.05, 0.1) is 0 Å². The molecule has 0 aliphatic heterocycles. The van der Waals surface area contributed by atoms with Gasteiger partial charge in [0.25, 0.3) is 0 Å². The first-order valence-corrected chi connectivity index (χ1v) is 7.41. The lowest BCUT2D eigenvalue weighted by Gasteiger charge is -2.14. The summed E-state index contributed by atoms with van der Waals surface area (Å²) in [6.07, 6.45) is 3.62. The summed E-state index contributed by atoms with van der Waals surface area (Å²) in [6.45, 7) is 7.28. The molecule has 1 aromatic heterocycles. The van der Waals surface area contributed by atoms with Crippen LogP contribution in [0.3, 0.4) is 0 Å². The van der Waals surface area contributed by atoms with Crippen molar-refractivity contribution >= 4 is 17.3 Å². The van der Waals surface area contributed by atoms with Crippen molar-refractivity contribution in [3.63, 3.8) is 0 Å². The topological polar surface area (TPSA) is 49.3 Å². The Hall–Kier alpha value is -0.870. The quantitative estimate of drug-likeness (QED) is 0.755. The molecule has 102 valence electrons. The lowest BCUT2D eigenvalue weighted by molar-refractivity contribution is 0.0701. The van der Waals surface area contributed by atoms with Crippen LogP contribution in [0.1, 0.15) is 55.3 Å². The molecule has 4 heteroatoms. The molecule has 2 N–H and O–H groups in total. The third-order valence-electron chi connectivity index (χ3n) is 3.00. The number of hydrogen-bond acceptors (Lipinski definition) is 3. The molecule has 1 heterocycles. The van der Waals surface area contributed by atoms with Gasteiger partial charge in [-0.1, -0.05) is 26.7 Å². The van der Waals surface area contributed by atoms with Gasteiger partial charge < -0.3 is 10.4 Å². The smallest absolute Gasteiger partial charge is 0.346 e. The van der Waals surface area contributed by atoms with Gasteiger partial charge >= 0.3 is 5.97 Å². The van der Waals surface area contributed by atoms with E-state index in [-0.39, 0.29) is 0 Å². The van der Waals surface area contributed by atoms with Crippen LogP contribution in [-0.4, -0.2) is 17.1 Å². The van der Waals surface area contributed by atoms with Crippen LogP contribution in [0.4, 0.5) is 0 Å². The van der Waals surface area contributed by atoms with E-state index in [2.05, 4.69) is 26.1 Å². The van der Waals surface area contributed by atoms with Crippen LogP contribution in [0.5, 0.6) is 0 Å². The van der Waals surface area contributed by atoms with Gasteiger partial charge in [-0.15, -0.1) is 11.3 Å². The summed E-state index contributed by atoms with van der Waals surface area (Å²) in [4.78, 5) is 11.4. The van der Waals surface area contributed by atoms with Gasteiger partial charge in [-0.2, -0.15) is 0 Å². The van der Waals surface area contributed by atoms with Crippen LogP contribution in [-0.2, 0) is 6.54 Å². The number of carbonyl (C=O) groups is 1. The first-order chi connectivity index (χ1) is 8.50. The molecule has 0 aromatic carbocycles. The predicted octanol–water partition coefficient (Wildman–Crippen LogP) is 3.75. The molecule has 0 saturated heterocycles. The zero-order chi connectivity index (χ0) is 13.5. The van der Waals surface area contributed by atoms with Gasteiger partial charge in [-0.25, -0.2) is 4.79 Å². The fourth-order valence-electron chi connectivity index (χ4n) is 1.88. The molecule has 3 nitrogen and oxygen atoms in total. The molecule has 0 aliphatic carbocycles. The molecule has 1 atom stereocenters. The lowest BCUT2D eigenvalue weighted by atomic mass is 10.0. The number of nitrogens with one attached hydrogen (secondary N) is 1. The molecule has 0 aliphatic rings. The van der Waals surface area contributed by atoms with E-state index >= 15 is 0 Å². The normalized spacial score (nSPS) is 12.9. The zero-order valence-corrected chi connectivity index (χ0v) is 12.2. The summed E-state index contributed by atoms with van der Waals surface area (Å²) < 4.78 is 0. The summed E-state index contributed by atoms with van der Waals surface area (Å²) in [5.74, 6) is -0.0676. The molecular weight excluding hydrogens is 246 g/mol. The second kappa shape index (κ2) is 7.54. The van der Waals surface area contributed by atoms with E-state index in [1.807, 2.05) is 11.4 Å². The Kier molecular flexibility index (Phi) is 6.36. The molecule has 0 fully saturated rings. The Morgan fingerprint density at radius 2 is 2.11 bits per heavy atom. The Balaban J connectivity index is 2.31. The highest BCUT2D eigenvalue weighted by Gasteiger charge is 2.12. The summed E-state index contributed by atoms with van der Waals surface area (Å²) in [6, 6.07) is 2.33. The molecule has 0 bridgehead atoms. The molecule has 0 spiro atoms. The predicted molar refractivity (Wildman–Crippen MR) is 76.3 cm³/mol. The fourth-order valence-corrected chi connectivity index (χ4v) is 2.64. The van der Waals surface area contributed by atoms with Crippen molar-refractivity contribution in [1.29, 1.82) is 0 Å². The highest BCUT2D eigenvalue weighted by molar-refractivity contribution is 7.12. The Bertz CT molecular complexity index is 374. The maximum Gasteiger partial charge on any atom is 0.346 e. The van der Waals surface area contributed by atoms with Crippen LogP contribution < -0.4 is 5.32 Å². The average Bonchev–Trinajstić information content (AvgIpc) is 2.74. The number of carboxylic acid groups (broad SMARTS) is 1. The maximum absolute atomic E-state index is 11.0. The number of hydrogen-bond donors (Lipinski definition) is 2. The van der Waals surface area contributed by atoms with Gasteiger partial charge in [-0.05, 0) is 36.3 Å². The van der Waals surface area contributed by atoms with Crippen molar-refractivity contribution in [2.75, 3.05) is 0 Å². The van der Waals surface area contributed by atoms with Crippen molar-refractivity contribution in [3.05, 3.63) is 21.9 Å². The van der Waals surface area contributed by atoms with E-state index in [0.29, 0.717) is 17.5 Å². The van der Waals surface area contributed by atoms with Gasteiger partial charge in [0.1, 0.15) is 4.88 Å². The largest absolute Gasteiger partial charge is 0.477 e. The van der Waals surface area contributed by atoms with Gasteiger partial charge in [0.15, 0.2) is 0 Å². The average molecular weight is 269 g/mol. The molecule has 0 saturated carbocycles. The maximum atomic E-state index is 11.0. The third kappa shape index (κ3) is 5.19. The Morgan fingerprint density at radius 1 is 1.39 bits per heavy atom. The SMILES string of the molecule is CC(C)CCCC(C)NCc1ccsc1C(=O)O. The molecule has 18 heavy (non-hydrogen) atoms. The van der Waals surface area contributed by atoms with Crippen molar-refractivity contribution in [3.8, 4) is 0 Å². The lowest BCUT2D eigenvalue weighted by Crippen LogP contribution is -2.25. The third-order valence-corrected chi connectivity index (χ3v) is 3.95. The van der Waals surface area contributed by atoms with E-state index in [4.69, 9.17) is 5.11 Å². The Morgan fingerprint density at radius 3 is 2.72 bits per heavy atom. The van der Waals surface area contributed by atoms with E-state index in [1.165, 1.54) is 24.2 Å². The first-order valence-electron chi connectivity index (χ1n) is 6.53. The molecule has 1 aromatic rings. The van der Waals surface area contributed by atoms with E-state index in [0.717, 1.165) is 17.9 Å². The Labute approximate surface area is 113 Å². The molecular formula is C14H23NO2S. The number of thiophene rings is 1. The highest BCUT2D eigenvalue weighted by Crippen LogP contribution is 2.17. The highest BCUT2D eigenvalue weighted by atomic mass is 32.1. The van der Waals surface area contributed by atoms with Crippen LogP contribution in [0.25, 0.3) is 0 Å². The van der Waals surface area contributed by atoms with Crippen LogP contribution in [0.15, 0.2) is 11.4 Å². The van der Waals surface area contributed by atoms with Gasteiger partial charge in [-0.3, -0.25) is 0 Å². The van der Waals surface area contributed by atoms with Crippen molar-refractivity contribution < 1.29 is 9.90 Å². The second-order valence-electron chi connectivity index (χ2n) is 5.19. The number of carboxylic acids is 1. The minimum Gasteiger partial charge on any atom is -0.477 e. The van der Waals surface area contributed by atoms with Crippen molar-refractivity contribution in [1.82, 2.24) is 5.32 Å². The van der Waals surface area contributed by atoms with Crippen LogP contribution in [0, 0.1) is 5.92 Å². The number of rotatable bonds is 8. The monoisotopic (exact) mass is 269 g/mol. The van der Waals surface area contributed by atoms with E-state index in [9.17, 15) is 4.79 Å². The summed E-state index contributed by atoms with van der Waals surface area (Å²) >= 11 is 1.29. The van der Waals surface area contributed by atoms with E-state index in [1.54, 1.807) is 0 Å². The zero-order valence-electron chi connectivity index (χ0n) is 11.4. The van der Waals surface area contributed by atoms with E-state index < -0.39 is 5.97 Å². The second-order valence-corrected chi connectivity index (χ2v) is 6.10. The molecule has 0 amide bonds.